The highest BCUT2D eigenvalue weighted by Crippen LogP contribution is 2.20. The van der Waals surface area contributed by atoms with Gasteiger partial charge in [0.05, 0.1) is 0 Å². The summed E-state index contributed by atoms with van der Waals surface area (Å²) in [6.07, 6.45) is 0. The first-order valence-corrected chi connectivity index (χ1v) is 12.8. The van der Waals surface area contributed by atoms with E-state index in [1.165, 1.54) is 4.90 Å². The van der Waals surface area contributed by atoms with E-state index < -0.39 is 5.54 Å². The van der Waals surface area contributed by atoms with Gasteiger partial charge >= 0.3 is 12.1 Å². The van der Waals surface area contributed by atoms with Crippen molar-refractivity contribution in [3.8, 4) is 0 Å². The molecule has 2 aromatic rings. The number of carbonyl (C=O) groups excluding carboxylic acids is 3. The van der Waals surface area contributed by atoms with Crippen LogP contribution in [0.15, 0.2) is 54.6 Å². The van der Waals surface area contributed by atoms with Crippen LogP contribution in [-0.4, -0.2) is 72.1 Å². The van der Waals surface area contributed by atoms with Crippen LogP contribution in [0.2, 0.25) is 0 Å². The van der Waals surface area contributed by atoms with E-state index in [0.29, 0.717) is 25.3 Å². The fraction of sp³-hybridized carbons (Fsp3) is 0.464. The number of carbonyl (C=O) groups is 3. The molecule has 37 heavy (non-hydrogen) atoms. The summed E-state index contributed by atoms with van der Waals surface area (Å²) < 4.78 is 0. The van der Waals surface area contributed by atoms with E-state index in [1.54, 1.807) is 0 Å². The first kappa shape index (κ1) is 27.8. The van der Waals surface area contributed by atoms with Gasteiger partial charge < -0.3 is 30.7 Å². The zero-order valence-electron chi connectivity index (χ0n) is 22.6. The molecule has 200 valence electrons. The van der Waals surface area contributed by atoms with Crippen LogP contribution in [0.25, 0.3) is 0 Å². The predicted octanol–water partition coefficient (Wildman–Crippen LogP) is 3.88. The molecule has 0 atom stereocenters. The quantitative estimate of drug-likeness (QED) is 0.529. The standard InChI is InChI=1S/C28H40N6O3/c1-21(2)29-26(36)33-17-15-32(16-18-33)24-13-11-23(12-14-24)30-25(35)20-34(27(37)31-28(3,4)5)19-22-9-7-6-8-10-22/h6-14,21H,15-20H2,1-5H3,(H,29,36)(H,30,35)(H,31,37). The smallest absolute Gasteiger partial charge is 0.318 e. The van der Waals surface area contributed by atoms with Gasteiger partial charge in [-0.15, -0.1) is 0 Å². The Morgan fingerprint density at radius 2 is 1.54 bits per heavy atom. The second-order valence-electron chi connectivity index (χ2n) is 10.7. The van der Waals surface area contributed by atoms with Crippen molar-refractivity contribution in [2.24, 2.45) is 0 Å². The molecule has 1 saturated heterocycles. The number of piperazine rings is 1. The highest BCUT2D eigenvalue weighted by atomic mass is 16.2. The summed E-state index contributed by atoms with van der Waals surface area (Å²) >= 11 is 0. The topological polar surface area (TPSA) is 97.0 Å². The van der Waals surface area contributed by atoms with Crippen molar-refractivity contribution in [3.63, 3.8) is 0 Å². The molecule has 3 N–H and O–H groups in total. The summed E-state index contributed by atoms with van der Waals surface area (Å²) in [5, 5.41) is 8.79. The van der Waals surface area contributed by atoms with Crippen LogP contribution in [0.5, 0.6) is 0 Å². The summed E-state index contributed by atoms with van der Waals surface area (Å²) in [5.74, 6) is -0.266. The van der Waals surface area contributed by atoms with Gasteiger partial charge in [-0.05, 0) is 64.4 Å². The molecule has 0 spiro atoms. The second kappa shape index (κ2) is 12.5. The van der Waals surface area contributed by atoms with E-state index in [4.69, 9.17) is 0 Å². The zero-order valence-corrected chi connectivity index (χ0v) is 22.6. The molecular weight excluding hydrogens is 468 g/mol. The minimum Gasteiger partial charge on any atom is -0.368 e. The Balaban J connectivity index is 1.56. The van der Waals surface area contributed by atoms with Crippen molar-refractivity contribution >= 4 is 29.3 Å². The first-order valence-electron chi connectivity index (χ1n) is 12.8. The maximum atomic E-state index is 12.9. The van der Waals surface area contributed by atoms with Gasteiger partial charge in [0.25, 0.3) is 0 Å². The lowest BCUT2D eigenvalue weighted by Crippen LogP contribution is -2.52. The summed E-state index contributed by atoms with van der Waals surface area (Å²) in [6.45, 7) is 12.7. The Morgan fingerprint density at radius 1 is 0.919 bits per heavy atom. The van der Waals surface area contributed by atoms with Crippen LogP contribution in [0.4, 0.5) is 21.0 Å². The number of nitrogens with one attached hydrogen (secondary N) is 3. The molecule has 0 aliphatic carbocycles. The predicted molar refractivity (Wildman–Crippen MR) is 148 cm³/mol. The molecule has 0 bridgehead atoms. The summed E-state index contributed by atoms with van der Waals surface area (Å²) in [7, 11) is 0. The molecular formula is C28H40N6O3. The molecule has 2 aromatic carbocycles. The van der Waals surface area contributed by atoms with E-state index >= 15 is 0 Å². The SMILES string of the molecule is CC(C)NC(=O)N1CCN(c2ccc(NC(=O)CN(Cc3ccccc3)C(=O)NC(C)(C)C)cc2)CC1. The molecule has 1 aliphatic rings. The lowest BCUT2D eigenvalue weighted by Gasteiger charge is -2.36. The van der Waals surface area contributed by atoms with E-state index in [0.717, 1.165) is 24.3 Å². The monoisotopic (exact) mass is 508 g/mol. The number of nitrogens with zero attached hydrogens (tertiary/aromatic N) is 3. The van der Waals surface area contributed by atoms with E-state index in [9.17, 15) is 14.4 Å². The third kappa shape index (κ3) is 9.00. The second-order valence-corrected chi connectivity index (χ2v) is 10.7. The number of rotatable bonds is 7. The van der Waals surface area contributed by atoms with Gasteiger partial charge in [-0.3, -0.25) is 4.79 Å². The third-order valence-corrected chi connectivity index (χ3v) is 5.82. The minimum atomic E-state index is -0.415. The first-order chi connectivity index (χ1) is 17.5. The normalized spacial score (nSPS) is 13.8. The van der Waals surface area contributed by atoms with Gasteiger partial charge in [-0.2, -0.15) is 0 Å². The summed E-state index contributed by atoms with van der Waals surface area (Å²) in [6, 6.07) is 17.1. The van der Waals surface area contributed by atoms with Gasteiger partial charge in [0.1, 0.15) is 6.54 Å². The largest absolute Gasteiger partial charge is 0.368 e. The zero-order chi connectivity index (χ0) is 27.0. The molecule has 5 amide bonds. The Bertz CT molecular complexity index is 1040. The Labute approximate surface area is 220 Å². The van der Waals surface area contributed by atoms with Crippen molar-refractivity contribution < 1.29 is 14.4 Å². The molecule has 1 fully saturated rings. The minimum absolute atomic E-state index is 0.0230. The van der Waals surface area contributed by atoms with Crippen LogP contribution < -0.4 is 20.9 Å². The number of hydrogen-bond acceptors (Lipinski definition) is 4. The van der Waals surface area contributed by atoms with E-state index in [1.807, 2.05) is 94.1 Å². The van der Waals surface area contributed by atoms with Crippen molar-refractivity contribution in [1.82, 2.24) is 20.4 Å². The van der Waals surface area contributed by atoms with Crippen LogP contribution in [0.3, 0.4) is 0 Å². The molecule has 0 unspecified atom stereocenters. The molecule has 9 heteroatoms. The number of anilines is 2. The average Bonchev–Trinajstić information content (AvgIpc) is 2.83. The number of amides is 5. The Hall–Kier alpha value is -3.75. The lowest BCUT2D eigenvalue weighted by atomic mass is 10.1. The molecule has 1 aliphatic heterocycles. The fourth-order valence-corrected chi connectivity index (χ4v) is 4.04. The molecule has 0 aromatic heterocycles. The maximum Gasteiger partial charge on any atom is 0.318 e. The van der Waals surface area contributed by atoms with Crippen molar-refractivity contribution in [3.05, 3.63) is 60.2 Å². The van der Waals surface area contributed by atoms with Crippen molar-refractivity contribution in [1.29, 1.82) is 0 Å². The molecule has 3 rings (SSSR count). The van der Waals surface area contributed by atoms with Crippen LogP contribution in [0, 0.1) is 0 Å². The summed E-state index contributed by atoms with van der Waals surface area (Å²) in [5.41, 5.74) is 2.24. The lowest BCUT2D eigenvalue weighted by molar-refractivity contribution is -0.116. The highest BCUT2D eigenvalue weighted by Gasteiger charge is 2.23. The van der Waals surface area contributed by atoms with Gasteiger partial charge in [0.15, 0.2) is 0 Å². The van der Waals surface area contributed by atoms with E-state index in [2.05, 4.69) is 20.9 Å². The van der Waals surface area contributed by atoms with Crippen LogP contribution >= 0.6 is 0 Å². The van der Waals surface area contributed by atoms with Gasteiger partial charge in [-0.1, -0.05) is 30.3 Å². The van der Waals surface area contributed by atoms with Gasteiger partial charge in [0, 0.05) is 55.7 Å². The molecule has 1 heterocycles. The highest BCUT2D eigenvalue weighted by molar-refractivity contribution is 5.94. The van der Waals surface area contributed by atoms with Gasteiger partial charge in [0.2, 0.25) is 5.91 Å². The van der Waals surface area contributed by atoms with Crippen molar-refractivity contribution in [2.75, 3.05) is 42.9 Å². The summed E-state index contributed by atoms with van der Waals surface area (Å²) in [4.78, 5) is 43.5. The molecule has 9 nitrogen and oxygen atoms in total. The van der Waals surface area contributed by atoms with Gasteiger partial charge in [-0.25, -0.2) is 9.59 Å². The number of benzene rings is 2. The van der Waals surface area contributed by atoms with Crippen LogP contribution in [-0.2, 0) is 11.3 Å². The van der Waals surface area contributed by atoms with Crippen LogP contribution in [0.1, 0.15) is 40.2 Å². The molecule has 0 radical (unpaired) electrons. The third-order valence-electron chi connectivity index (χ3n) is 5.82. The number of urea groups is 2. The van der Waals surface area contributed by atoms with Crippen molar-refractivity contribution in [2.45, 2.75) is 52.7 Å². The Morgan fingerprint density at radius 3 is 2.11 bits per heavy atom. The van der Waals surface area contributed by atoms with E-state index in [-0.39, 0.29) is 30.6 Å². The average molecular weight is 509 g/mol. The molecule has 0 saturated carbocycles. The Kier molecular flexibility index (Phi) is 9.38. The number of hydrogen-bond donors (Lipinski definition) is 3. The fourth-order valence-electron chi connectivity index (χ4n) is 4.04. The maximum absolute atomic E-state index is 12.9.